The third-order valence-corrected chi connectivity index (χ3v) is 7.66. The molecule has 0 aliphatic carbocycles. The molecule has 4 rings (SSSR count). The largest absolute Gasteiger partial charge is 0.484 e. The number of carbonyl (C=O) groups excluding carboxylic acids is 2. The van der Waals surface area contributed by atoms with Crippen molar-refractivity contribution < 1.29 is 27.1 Å². The van der Waals surface area contributed by atoms with E-state index < -0.39 is 27.8 Å². The highest BCUT2D eigenvalue weighted by Crippen LogP contribution is 2.20. The zero-order chi connectivity index (χ0) is 29.2. The molecule has 0 aromatic heterocycles. The Morgan fingerprint density at radius 1 is 0.829 bits per heavy atom. The second-order valence-corrected chi connectivity index (χ2v) is 10.9. The Balaban J connectivity index is 1.40. The van der Waals surface area contributed by atoms with Crippen LogP contribution in [0.4, 0.5) is 10.1 Å². The van der Waals surface area contributed by atoms with Crippen LogP contribution in [0.5, 0.6) is 5.75 Å². The Hall–Kier alpha value is -4.70. The highest BCUT2D eigenvalue weighted by Gasteiger charge is 2.26. The minimum Gasteiger partial charge on any atom is -0.484 e. The topological polar surface area (TPSA) is 105 Å². The van der Waals surface area contributed by atoms with Crippen LogP contribution in [0.15, 0.2) is 114 Å². The van der Waals surface area contributed by atoms with Gasteiger partial charge in [0.2, 0.25) is 5.91 Å². The molecule has 4 aromatic carbocycles. The average molecular weight is 576 g/mol. The van der Waals surface area contributed by atoms with Crippen LogP contribution in [-0.2, 0) is 32.7 Å². The van der Waals surface area contributed by atoms with Crippen molar-refractivity contribution in [3.8, 4) is 5.75 Å². The molecule has 0 aliphatic rings. The fraction of sp³-hybridized carbons (Fsp3) is 0.161. The lowest BCUT2D eigenvalue weighted by molar-refractivity contribution is -0.142. The molecule has 2 N–H and O–H groups in total. The van der Waals surface area contributed by atoms with Crippen molar-refractivity contribution in [3.05, 3.63) is 126 Å². The standard InChI is InChI=1S/C31H30FN3O5S/c1-23(31(37)33-20-24-8-4-2-5-9-24)35(21-25-10-6-3-7-11-25)30(36)22-40-28-16-18-29(19-17-28)41(38,39)34-27-14-12-26(32)13-15-27/h2-19,23,34H,20-22H2,1H3,(H,33,37)/t23-/m1/s1. The zero-order valence-electron chi connectivity index (χ0n) is 22.4. The van der Waals surface area contributed by atoms with Gasteiger partial charge in [-0.25, -0.2) is 12.8 Å². The molecule has 0 radical (unpaired) electrons. The maximum atomic E-state index is 13.3. The molecule has 1 atom stereocenters. The Bertz CT molecular complexity index is 1550. The van der Waals surface area contributed by atoms with Crippen LogP contribution in [0.3, 0.4) is 0 Å². The van der Waals surface area contributed by atoms with Gasteiger partial charge in [0.05, 0.1) is 4.90 Å². The van der Waals surface area contributed by atoms with E-state index in [0.29, 0.717) is 6.54 Å². The number of nitrogens with one attached hydrogen (secondary N) is 2. The number of benzene rings is 4. The van der Waals surface area contributed by atoms with Gasteiger partial charge >= 0.3 is 0 Å². The summed E-state index contributed by atoms with van der Waals surface area (Å²) in [6, 6.07) is 28.5. The predicted octanol–water partition coefficient (Wildman–Crippen LogP) is 4.74. The Kier molecular flexibility index (Phi) is 9.70. The van der Waals surface area contributed by atoms with E-state index in [1.807, 2.05) is 60.7 Å². The van der Waals surface area contributed by atoms with Gasteiger partial charge in [0.1, 0.15) is 17.6 Å². The molecular weight excluding hydrogens is 545 g/mol. The Morgan fingerprint density at radius 3 is 2.02 bits per heavy atom. The van der Waals surface area contributed by atoms with Crippen LogP contribution in [0, 0.1) is 5.82 Å². The smallest absolute Gasteiger partial charge is 0.261 e. The monoisotopic (exact) mass is 575 g/mol. The highest BCUT2D eigenvalue weighted by atomic mass is 32.2. The fourth-order valence-electron chi connectivity index (χ4n) is 3.97. The second-order valence-electron chi connectivity index (χ2n) is 9.26. The van der Waals surface area contributed by atoms with E-state index >= 15 is 0 Å². The fourth-order valence-corrected chi connectivity index (χ4v) is 5.03. The maximum Gasteiger partial charge on any atom is 0.261 e. The van der Waals surface area contributed by atoms with Gasteiger partial charge in [0.25, 0.3) is 15.9 Å². The molecule has 2 amide bonds. The van der Waals surface area contributed by atoms with E-state index in [4.69, 9.17) is 4.74 Å². The van der Waals surface area contributed by atoms with Crippen molar-refractivity contribution in [3.63, 3.8) is 0 Å². The normalized spacial score (nSPS) is 11.8. The van der Waals surface area contributed by atoms with E-state index in [0.717, 1.165) is 23.3 Å². The van der Waals surface area contributed by atoms with E-state index in [2.05, 4.69) is 10.0 Å². The quantitative estimate of drug-likeness (QED) is 0.254. The van der Waals surface area contributed by atoms with Gasteiger partial charge in [-0.3, -0.25) is 14.3 Å². The van der Waals surface area contributed by atoms with Crippen molar-refractivity contribution in [1.82, 2.24) is 10.2 Å². The van der Waals surface area contributed by atoms with E-state index in [9.17, 15) is 22.4 Å². The molecule has 0 fully saturated rings. The number of nitrogens with zero attached hydrogens (tertiary/aromatic N) is 1. The molecule has 41 heavy (non-hydrogen) atoms. The molecule has 10 heteroatoms. The molecule has 8 nitrogen and oxygen atoms in total. The first-order chi connectivity index (χ1) is 19.7. The van der Waals surface area contributed by atoms with Crippen LogP contribution in [0.2, 0.25) is 0 Å². The molecule has 0 unspecified atom stereocenters. The number of rotatable bonds is 12. The summed E-state index contributed by atoms with van der Waals surface area (Å²) in [6.07, 6.45) is 0. The van der Waals surface area contributed by atoms with Gasteiger partial charge in [0, 0.05) is 18.8 Å². The SMILES string of the molecule is C[C@H](C(=O)NCc1ccccc1)N(Cc1ccccc1)C(=O)COc1ccc(S(=O)(=O)Nc2ccc(F)cc2)cc1. The van der Waals surface area contributed by atoms with Crippen molar-refractivity contribution in [2.45, 2.75) is 31.0 Å². The summed E-state index contributed by atoms with van der Waals surface area (Å²) in [6.45, 7) is 1.84. The lowest BCUT2D eigenvalue weighted by Gasteiger charge is -2.28. The van der Waals surface area contributed by atoms with Crippen LogP contribution < -0.4 is 14.8 Å². The Morgan fingerprint density at radius 2 is 1.41 bits per heavy atom. The first-order valence-corrected chi connectivity index (χ1v) is 14.4. The third kappa shape index (κ3) is 8.39. The van der Waals surface area contributed by atoms with Gasteiger partial charge in [-0.05, 0) is 66.6 Å². The van der Waals surface area contributed by atoms with Crippen molar-refractivity contribution in [2.75, 3.05) is 11.3 Å². The van der Waals surface area contributed by atoms with Crippen molar-refractivity contribution in [2.24, 2.45) is 0 Å². The van der Waals surface area contributed by atoms with Gasteiger partial charge in [0.15, 0.2) is 6.61 Å². The number of amides is 2. The van der Waals surface area contributed by atoms with Crippen LogP contribution in [-0.4, -0.2) is 37.8 Å². The predicted molar refractivity (Wildman–Crippen MR) is 154 cm³/mol. The number of ether oxygens (including phenoxy) is 1. The zero-order valence-corrected chi connectivity index (χ0v) is 23.2. The van der Waals surface area contributed by atoms with Gasteiger partial charge in [-0.15, -0.1) is 0 Å². The molecule has 0 spiro atoms. The van der Waals surface area contributed by atoms with E-state index in [1.165, 1.54) is 41.3 Å². The maximum absolute atomic E-state index is 13.3. The average Bonchev–Trinajstić information content (AvgIpc) is 2.99. The molecule has 0 aliphatic heterocycles. The summed E-state index contributed by atoms with van der Waals surface area (Å²) in [7, 11) is -3.92. The van der Waals surface area contributed by atoms with Gasteiger partial charge in [-0.2, -0.15) is 0 Å². The summed E-state index contributed by atoms with van der Waals surface area (Å²) in [4.78, 5) is 27.7. The van der Waals surface area contributed by atoms with Crippen LogP contribution in [0.1, 0.15) is 18.1 Å². The lowest BCUT2D eigenvalue weighted by atomic mass is 10.1. The molecule has 0 saturated carbocycles. The molecule has 0 heterocycles. The van der Waals surface area contributed by atoms with E-state index in [1.54, 1.807) is 6.92 Å². The highest BCUT2D eigenvalue weighted by molar-refractivity contribution is 7.92. The Labute approximate surface area is 238 Å². The number of halogens is 1. The number of sulfonamides is 1. The molecular formula is C31H30FN3O5S. The molecule has 0 saturated heterocycles. The first-order valence-electron chi connectivity index (χ1n) is 12.9. The summed E-state index contributed by atoms with van der Waals surface area (Å²) in [5, 5.41) is 2.88. The van der Waals surface area contributed by atoms with Crippen LogP contribution in [0.25, 0.3) is 0 Å². The number of hydrogen-bond donors (Lipinski definition) is 2. The molecule has 4 aromatic rings. The lowest BCUT2D eigenvalue weighted by Crippen LogP contribution is -2.48. The van der Waals surface area contributed by atoms with Crippen LogP contribution >= 0.6 is 0 Å². The summed E-state index contributed by atoms with van der Waals surface area (Å²) in [5.41, 5.74) is 2.01. The second kappa shape index (κ2) is 13.6. The molecule has 212 valence electrons. The minimum atomic E-state index is -3.92. The summed E-state index contributed by atoms with van der Waals surface area (Å²) >= 11 is 0. The number of carbonyl (C=O) groups is 2. The number of hydrogen-bond acceptors (Lipinski definition) is 5. The third-order valence-electron chi connectivity index (χ3n) is 6.27. The van der Waals surface area contributed by atoms with Gasteiger partial charge < -0.3 is 15.0 Å². The minimum absolute atomic E-state index is 0.0325. The van der Waals surface area contributed by atoms with Gasteiger partial charge in [-0.1, -0.05) is 60.7 Å². The van der Waals surface area contributed by atoms with Crippen molar-refractivity contribution in [1.29, 1.82) is 0 Å². The molecule has 0 bridgehead atoms. The van der Waals surface area contributed by atoms with Crippen molar-refractivity contribution >= 4 is 27.5 Å². The summed E-state index contributed by atoms with van der Waals surface area (Å²) < 4.78 is 46.5. The first kappa shape index (κ1) is 29.3. The number of anilines is 1. The summed E-state index contributed by atoms with van der Waals surface area (Å²) in [5.74, 6) is -0.916. The van der Waals surface area contributed by atoms with E-state index in [-0.39, 0.29) is 35.4 Å².